The minimum absolute atomic E-state index is 0.460. The van der Waals surface area contributed by atoms with Crippen LogP contribution < -0.4 is 4.90 Å². The second-order valence-electron chi connectivity index (χ2n) is 5.88. The van der Waals surface area contributed by atoms with E-state index in [2.05, 4.69) is 26.9 Å². The van der Waals surface area contributed by atoms with Crippen LogP contribution in [0.2, 0.25) is 0 Å². The van der Waals surface area contributed by atoms with E-state index in [9.17, 15) is 0 Å². The topological polar surface area (TPSA) is 55.1 Å². The van der Waals surface area contributed by atoms with Crippen LogP contribution in [-0.2, 0) is 0 Å². The fraction of sp³-hybridized carbons (Fsp3) is 0.278. The minimum atomic E-state index is 0.460. The first-order valence-corrected chi connectivity index (χ1v) is 7.92. The summed E-state index contributed by atoms with van der Waals surface area (Å²) >= 11 is 0. The van der Waals surface area contributed by atoms with Gasteiger partial charge >= 0.3 is 0 Å². The molecule has 4 rings (SSSR count). The van der Waals surface area contributed by atoms with Crippen LogP contribution in [0.4, 0.5) is 5.69 Å². The smallest absolute Gasteiger partial charge is 0.276 e. The van der Waals surface area contributed by atoms with E-state index in [-0.39, 0.29) is 0 Å². The molecule has 0 aliphatic carbocycles. The molecule has 0 unspecified atom stereocenters. The zero-order chi connectivity index (χ0) is 15.6. The van der Waals surface area contributed by atoms with Crippen molar-refractivity contribution in [1.82, 2.24) is 15.1 Å². The summed E-state index contributed by atoms with van der Waals surface area (Å²) in [4.78, 5) is 11.2. The van der Waals surface area contributed by atoms with Crippen molar-refractivity contribution in [3.05, 3.63) is 48.2 Å². The molecule has 0 amide bonds. The molecule has 0 bridgehead atoms. The molecule has 0 spiro atoms. The van der Waals surface area contributed by atoms with Gasteiger partial charge in [0.1, 0.15) is 5.69 Å². The lowest BCUT2D eigenvalue weighted by Crippen LogP contribution is -2.17. The maximum absolute atomic E-state index is 5.41. The number of hydrogen-bond acceptors (Lipinski definition) is 5. The maximum Gasteiger partial charge on any atom is 0.276 e. The number of aromatic nitrogens is 3. The zero-order valence-electron chi connectivity index (χ0n) is 13.1. The van der Waals surface area contributed by atoms with Crippen molar-refractivity contribution in [3.63, 3.8) is 0 Å². The SMILES string of the molecule is Cc1ccc(-c2noc(-c3cc(N4CCCC4)ccn3)n2)cc1. The van der Waals surface area contributed by atoms with Gasteiger partial charge in [0.2, 0.25) is 5.82 Å². The van der Waals surface area contributed by atoms with Gasteiger partial charge in [-0.25, -0.2) is 0 Å². The third-order valence-corrected chi connectivity index (χ3v) is 4.17. The molecule has 3 heterocycles. The van der Waals surface area contributed by atoms with Gasteiger partial charge in [-0.05, 0) is 31.9 Å². The average Bonchev–Trinajstić information content (AvgIpc) is 3.28. The Morgan fingerprint density at radius 1 is 1.04 bits per heavy atom. The number of pyridine rings is 1. The van der Waals surface area contributed by atoms with Crippen LogP contribution in [0.25, 0.3) is 23.0 Å². The number of anilines is 1. The van der Waals surface area contributed by atoms with Crippen molar-refractivity contribution >= 4 is 5.69 Å². The van der Waals surface area contributed by atoms with Crippen LogP contribution in [0.3, 0.4) is 0 Å². The molecule has 2 aromatic heterocycles. The summed E-state index contributed by atoms with van der Waals surface area (Å²) in [5.74, 6) is 1.05. The molecule has 116 valence electrons. The Balaban J connectivity index is 1.63. The molecule has 1 saturated heterocycles. The molecule has 23 heavy (non-hydrogen) atoms. The van der Waals surface area contributed by atoms with E-state index < -0.39 is 0 Å². The highest BCUT2D eigenvalue weighted by Gasteiger charge is 2.16. The molecule has 1 aromatic carbocycles. The number of rotatable bonds is 3. The molecule has 5 heteroatoms. The first-order valence-electron chi connectivity index (χ1n) is 7.92. The lowest BCUT2D eigenvalue weighted by Gasteiger charge is -2.17. The van der Waals surface area contributed by atoms with E-state index >= 15 is 0 Å². The van der Waals surface area contributed by atoms with Crippen molar-refractivity contribution < 1.29 is 4.52 Å². The van der Waals surface area contributed by atoms with Crippen molar-refractivity contribution in [2.24, 2.45) is 0 Å². The van der Waals surface area contributed by atoms with Crippen LogP contribution in [-0.4, -0.2) is 28.2 Å². The predicted octanol–water partition coefficient (Wildman–Crippen LogP) is 3.71. The van der Waals surface area contributed by atoms with E-state index in [1.165, 1.54) is 24.1 Å². The van der Waals surface area contributed by atoms with Gasteiger partial charge in [-0.3, -0.25) is 4.98 Å². The van der Waals surface area contributed by atoms with E-state index in [1.54, 1.807) is 6.20 Å². The Morgan fingerprint density at radius 2 is 1.83 bits per heavy atom. The van der Waals surface area contributed by atoms with Crippen LogP contribution in [0.5, 0.6) is 0 Å². The van der Waals surface area contributed by atoms with E-state index in [4.69, 9.17) is 4.52 Å². The first kappa shape index (κ1) is 13.9. The van der Waals surface area contributed by atoms with Gasteiger partial charge in [-0.1, -0.05) is 35.0 Å². The summed E-state index contributed by atoms with van der Waals surface area (Å²) in [6.07, 6.45) is 4.30. The highest BCUT2D eigenvalue weighted by molar-refractivity contribution is 5.61. The molecule has 3 aromatic rings. The normalized spacial score (nSPS) is 14.4. The Kier molecular flexibility index (Phi) is 3.54. The quantitative estimate of drug-likeness (QED) is 0.738. The lowest BCUT2D eigenvalue weighted by atomic mass is 10.1. The molecular formula is C18H18N4O. The minimum Gasteiger partial charge on any atom is -0.371 e. The molecule has 1 fully saturated rings. The average molecular weight is 306 g/mol. The third kappa shape index (κ3) is 2.82. The molecule has 0 atom stereocenters. The maximum atomic E-state index is 5.41. The van der Waals surface area contributed by atoms with Crippen LogP contribution in [0.15, 0.2) is 47.1 Å². The predicted molar refractivity (Wildman–Crippen MR) is 89.1 cm³/mol. The molecule has 0 radical (unpaired) electrons. The monoisotopic (exact) mass is 306 g/mol. The van der Waals surface area contributed by atoms with Gasteiger partial charge in [-0.2, -0.15) is 4.98 Å². The van der Waals surface area contributed by atoms with Crippen LogP contribution >= 0.6 is 0 Å². The van der Waals surface area contributed by atoms with Crippen molar-refractivity contribution in [2.75, 3.05) is 18.0 Å². The summed E-state index contributed by atoms with van der Waals surface area (Å²) in [5, 5.41) is 4.08. The van der Waals surface area contributed by atoms with Crippen molar-refractivity contribution in [1.29, 1.82) is 0 Å². The van der Waals surface area contributed by atoms with E-state index in [0.29, 0.717) is 11.7 Å². The van der Waals surface area contributed by atoms with Crippen molar-refractivity contribution in [2.45, 2.75) is 19.8 Å². The summed E-state index contributed by atoms with van der Waals surface area (Å²) in [7, 11) is 0. The lowest BCUT2D eigenvalue weighted by molar-refractivity contribution is 0.431. The zero-order valence-corrected chi connectivity index (χ0v) is 13.1. The van der Waals surface area contributed by atoms with Gasteiger partial charge in [0, 0.05) is 30.5 Å². The first-order chi connectivity index (χ1) is 11.3. The fourth-order valence-electron chi connectivity index (χ4n) is 2.86. The van der Waals surface area contributed by atoms with Gasteiger partial charge < -0.3 is 9.42 Å². The highest BCUT2D eigenvalue weighted by Crippen LogP contribution is 2.26. The fourth-order valence-corrected chi connectivity index (χ4v) is 2.86. The van der Waals surface area contributed by atoms with Crippen LogP contribution in [0.1, 0.15) is 18.4 Å². The Bertz CT molecular complexity index is 804. The molecule has 1 aliphatic heterocycles. The second-order valence-corrected chi connectivity index (χ2v) is 5.88. The van der Waals surface area contributed by atoms with E-state index in [1.807, 2.05) is 36.4 Å². The largest absolute Gasteiger partial charge is 0.371 e. The summed E-state index contributed by atoms with van der Waals surface area (Å²) in [5.41, 5.74) is 4.04. The number of benzene rings is 1. The third-order valence-electron chi connectivity index (χ3n) is 4.17. The Labute approximate surface area is 135 Å². The van der Waals surface area contributed by atoms with Gasteiger partial charge in [-0.15, -0.1) is 0 Å². The molecule has 0 N–H and O–H groups in total. The standard InChI is InChI=1S/C18H18N4O/c1-13-4-6-14(7-5-13)17-20-18(23-21-17)16-12-15(8-9-19-16)22-10-2-3-11-22/h4-9,12H,2-3,10-11H2,1H3. The molecule has 5 nitrogen and oxygen atoms in total. The highest BCUT2D eigenvalue weighted by atomic mass is 16.5. The Morgan fingerprint density at radius 3 is 2.61 bits per heavy atom. The molecule has 0 saturated carbocycles. The number of nitrogens with zero attached hydrogens (tertiary/aromatic N) is 4. The summed E-state index contributed by atoms with van der Waals surface area (Å²) in [6, 6.07) is 12.1. The van der Waals surface area contributed by atoms with Crippen LogP contribution in [0, 0.1) is 6.92 Å². The summed E-state index contributed by atoms with van der Waals surface area (Å²) < 4.78 is 5.41. The number of hydrogen-bond donors (Lipinski definition) is 0. The van der Waals surface area contributed by atoms with Crippen molar-refractivity contribution in [3.8, 4) is 23.0 Å². The van der Waals surface area contributed by atoms with Gasteiger partial charge in [0.05, 0.1) is 0 Å². The molecule has 1 aliphatic rings. The van der Waals surface area contributed by atoms with E-state index in [0.717, 1.165) is 24.3 Å². The second kappa shape index (κ2) is 5.83. The molecular weight excluding hydrogens is 288 g/mol. The number of aryl methyl sites for hydroxylation is 1. The Hall–Kier alpha value is -2.69. The van der Waals surface area contributed by atoms with Gasteiger partial charge in [0.25, 0.3) is 5.89 Å². The van der Waals surface area contributed by atoms with Gasteiger partial charge in [0.15, 0.2) is 0 Å². The summed E-state index contributed by atoms with van der Waals surface area (Å²) in [6.45, 7) is 4.25.